The second-order valence-corrected chi connectivity index (χ2v) is 3.46. The summed E-state index contributed by atoms with van der Waals surface area (Å²) in [6, 6.07) is 7.12. The Morgan fingerprint density at radius 1 is 1.38 bits per heavy atom. The molecule has 0 bridgehead atoms. The van der Waals surface area contributed by atoms with Gasteiger partial charge in [-0.25, -0.2) is 0 Å². The van der Waals surface area contributed by atoms with Crippen LogP contribution in [0.15, 0.2) is 24.3 Å². The molecule has 0 aliphatic rings. The van der Waals surface area contributed by atoms with Crippen LogP contribution in [-0.2, 0) is 4.79 Å². The van der Waals surface area contributed by atoms with Crippen molar-refractivity contribution >= 4 is 11.6 Å². The van der Waals surface area contributed by atoms with Gasteiger partial charge in [0, 0.05) is 5.69 Å². The molecule has 1 atom stereocenters. The first-order chi connectivity index (χ1) is 7.67. The van der Waals surface area contributed by atoms with E-state index < -0.39 is 0 Å². The van der Waals surface area contributed by atoms with Gasteiger partial charge >= 0.3 is 0 Å². The fraction of sp³-hybridized carbons (Fsp3) is 0.417. The molecule has 2 N–H and O–H groups in total. The fourth-order valence-electron chi connectivity index (χ4n) is 1.18. The summed E-state index contributed by atoms with van der Waals surface area (Å²) in [5, 5.41) is 5.68. The summed E-state index contributed by atoms with van der Waals surface area (Å²) in [6.07, 6.45) is 0. The first kappa shape index (κ1) is 12.5. The minimum atomic E-state index is -0.202. The van der Waals surface area contributed by atoms with Crippen LogP contribution in [0.1, 0.15) is 13.8 Å². The van der Waals surface area contributed by atoms with Gasteiger partial charge in [-0.3, -0.25) is 4.79 Å². The molecule has 1 rings (SSSR count). The maximum absolute atomic E-state index is 11.5. The Morgan fingerprint density at radius 2 is 2.00 bits per heavy atom. The molecular formula is C12H18N2O2. The molecule has 16 heavy (non-hydrogen) atoms. The van der Waals surface area contributed by atoms with Gasteiger partial charge in [0.25, 0.3) is 0 Å². The van der Waals surface area contributed by atoms with Crippen molar-refractivity contribution in [2.75, 3.05) is 19.0 Å². The second-order valence-electron chi connectivity index (χ2n) is 3.46. The highest BCUT2D eigenvalue weighted by atomic mass is 16.5. The third-order valence-electron chi connectivity index (χ3n) is 2.26. The molecule has 4 heteroatoms. The third-order valence-corrected chi connectivity index (χ3v) is 2.26. The Bertz CT molecular complexity index is 335. The van der Waals surface area contributed by atoms with Crippen LogP contribution in [0.3, 0.4) is 0 Å². The molecule has 1 amide bonds. The fourth-order valence-corrected chi connectivity index (χ4v) is 1.18. The number of ether oxygens (including phenoxy) is 1. The number of likely N-dealkylation sites (N-methyl/N-ethyl adjacent to an activating group) is 1. The highest BCUT2D eigenvalue weighted by molar-refractivity contribution is 5.94. The zero-order valence-corrected chi connectivity index (χ0v) is 9.91. The predicted molar refractivity (Wildman–Crippen MR) is 64.8 cm³/mol. The van der Waals surface area contributed by atoms with Crippen LogP contribution in [-0.4, -0.2) is 25.6 Å². The van der Waals surface area contributed by atoms with Gasteiger partial charge in [0.2, 0.25) is 5.91 Å². The van der Waals surface area contributed by atoms with Crippen molar-refractivity contribution in [1.82, 2.24) is 5.32 Å². The van der Waals surface area contributed by atoms with E-state index in [-0.39, 0.29) is 11.9 Å². The summed E-state index contributed by atoms with van der Waals surface area (Å²) in [7, 11) is 1.75. The SMILES string of the molecule is CCOc1ccc(NC(=O)C(C)NC)cc1. The highest BCUT2D eigenvalue weighted by Gasteiger charge is 2.09. The average Bonchev–Trinajstić information content (AvgIpc) is 2.31. The minimum absolute atomic E-state index is 0.0494. The highest BCUT2D eigenvalue weighted by Crippen LogP contribution is 2.15. The molecule has 0 aliphatic heterocycles. The van der Waals surface area contributed by atoms with Crippen molar-refractivity contribution in [3.8, 4) is 5.75 Å². The van der Waals surface area contributed by atoms with Crippen molar-refractivity contribution < 1.29 is 9.53 Å². The second kappa shape index (κ2) is 6.12. The topological polar surface area (TPSA) is 50.4 Å². The lowest BCUT2D eigenvalue weighted by Crippen LogP contribution is -2.35. The van der Waals surface area contributed by atoms with E-state index in [4.69, 9.17) is 4.74 Å². The van der Waals surface area contributed by atoms with Gasteiger partial charge in [0.1, 0.15) is 5.75 Å². The van der Waals surface area contributed by atoms with Gasteiger partial charge in [-0.15, -0.1) is 0 Å². The van der Waals surface area contributed by atoms with Crippen LogP contribution in [0.2, 0.25) is 0 Å². The first-order valence-electron chi connectivity index (χ1n) is 5.38. The van der Waals surface area contributed by atoms with Crippen molar-refractivity contribution in [3.05, 3.63) is 24.3 Å². The molecule has 88 valence electrons. The van der Waals surface area contributed by atoms with E-state index in [1.54, 1.807) is 7.05 Å². The number of nitrogens with one attached hydrogen (secondary N) is 2. The Morgan fingerprint density at radius 3 is 2.50 bits per heavy atom. The quantitative estimate of drug-likeness (QED) is 0.796. The summed E-state index contributed by atoms with van der Waals surface area (Å²) < 4.78 is 5.31. The van der Waals surface area contributed by atoms with Crippen LogP contribution in [0, 0.1) is 0 Å². The normalized spacial score (nSPS) is 11.9. The number of carbonyl (C=O) groups excluding carboxylic acids is 1. The first-order valence-corrected chi connectivity index (χ1v) is 5.38. The average molecular weight is 222 g/mol. The monoisotopic (exact) mass is 222 g/mol. The summed E-state index contributed by atoms with van der Waals surface area (Å²) in [4.78, 5) is 11.5. The Labute approximate surface area is 96.0 Å². The third kappa shape index (κ3) is 3.55. The molecule has 0 heterocycles. The Kier molecular flexibility index (Phi) is 4.79. The van der Waals surface area contributed by atoms with Gasteiger partial charge < -0.3 is 15.4 Å². The standard InChI is InChI=1S/C12H18N2O2/c1-4-16-11-7-5-10(6-8-11)14-12(15)9(2)13-3/h5-9,13H,4H2,1-3H3,(H,14,15). The summed E-state index contributed by atoms with van der Waals surface area (Å²) >= 11 is 0. The van der Waals surface area contributed by atoms with Crippen LogP contribution >= 0.6 is 0 Å². The molecule has 0 aliphatic carbocycles. The van der Waals surface area contributed by atoms with E-state index in [9.17, 15) is 4.79 Å². The Hall–Kier alpha value is -1.55. The van der Waals surface area contributed by atoms with E-state index in [1.165, 1.54) is 0 Å². The maximum Gasteiger partial charge on any atom is 0.241 e. The van der Waals surface area contributed by atoms with E-state index in [0.29, 0.717) is 6.61 Å². The smallest absolute Gasteiger partial charge is 0.241 e. The van der Waals surface area contributed by atoms with Crippen LogP contribution in [0.5, 0.6) is 5.75 Å². The van der Waals surface area contributed by atoms with Crippen molar-refractivity contribution in [1.29, 1.82) is 0 Å². The van der Waals surface area contributed by atoms with Crippen molar-refractivity contribution in [2.45, 2.75) is 19.9 Å². The molecular weight excluding hydrogens is 204 g/mol. The van der Waals surface area contributed by atoms with Gasteiger partial charge in [0.05, 0.1) is 12.6 Å². The van der Waals surface area contributed by atoms with Crippen molar-refractivity contribution in [2.24, 2.45) is 0 Å². The van der Waals surface area contributed by atoms with Gasteiger partial charge in [-0.2, -0.15) is 0 Å². The lowest BCUT2D eigenvalue weighted by molar-refractivity contribution is -0.117. The number of hydrogen-bond donors (Lipinski definition) is 2. The minimum Gasteiger partial charge on any atom is -0.494 e. The molecule has 1 aromatic rings. The zero-order valence-electron chi connectivity index (χ0n) is 9.91. The van der Waals surface area contributed by atoms with E-state index in [0.717, 1.165) is 11.4 Å². The summed E-state index contributed by atoms with van der Waals surface area (Å²) in [6.45, 7) is 4.39. The molecule has 0 aromatic heterocycles. The van der Waals surface area contributed by atoms with Gasteiger partial charge in [-0.05, 0) is 45.2 Å². The zero-order chi connectivity index (χ0) is 12.0. The molecule has 0 saturated heterocycles. The number of hydrogen-bond acceptors (Lipinski definition) is 3. The Balaban J connectivity index is 2.58. The molecule has 1 unspecified atom stereocenters. The van der Waals surface area contributed by atoms with Crippen molar-refractivity contribution in [3.63, 3.8) is 0 Å². The lowest BCUT2D eigenvalue weighted by Gasteiger charge is -2.11. The largest absolute Gasteiger partial charge is 0.494 e. The van der Waals surface area contributed by atoms with Crippen LogP contribution in [0.25, 0.3) is 0 Å². The molecule has 0 fully saturated rings. The van der Waals surface area contributed by atoms with E-state index in [1.807, 2.05) is 38.1 Å². The lowest BCUT2D eigenvalue weighted by atomic mass is 10.2. The van der Waals surface area contributed by atoms with Gasteiger partial charge in [0.15, 0.2) is 0 Å². The maximum atomic E-state index is 11.5. The van der Waals surface area contributed by atoms with E-state index >= 15 is 0 Å². The summed E-state index contributed by atoms with van der Waals surface area (Å²) in [5.74, 6) is 0.758. The molecule has 0 spiro atoms. The predicted octanol–water partition coefficient (Wildman–Crippen LogP) is 1.63. The molecule has 4 nitrogen and oxygen atoms in total. The van der Waals surface area contributed by atoms with Gasteiger partial charge in [-0.1, -0.05) is 0 Å². The number of benzene rings is 1. The number of anilines is 1. The molecule has 0 saturated carbocycles. The van der Waals surface area contributed by atoms with E-state index in [2.05, 4.69) is 10.6 Å². The van der Waals surface area contributed by atoms with Crippen LogP contribution < -0.4 is 15.4 Å². The number of amides is 1. The molecule has 0 radical (unpaired) electrons. The summed E-state index contributed by atoms with van der Waals surface area (Å²) in [5.41, 5.74) is 0.774. The van der Waals surface area contributed by atoms with Crippen LogP contribution in [0.4, 0.5) is 5.69 Å². The molecule has 1 aromatic carbocycles. The number of carbonyl (C=O) groups is 1. The number of rotatable bonds is 5.